The highest BCUT2D eigenvalue weighted by Gasteiger charge is 2.28. The molecule has 20 heavy (non-hydrogen) atoms. The second kappa shape index (κ2) is 5.06. The van der Waals surface area contributed by atoms with E-state index in [0.29, 0.717) is 5.56 Å². The summed E-state index contributed by atoms with van der Waals surface area (Å²) in [6.45, 7) is 1.45. The molecule has 8 heteroatoms. The minimum absolute atomic E-state index is 0.00371. The highest BCUT2D eigenvalue weighted by atomic mass is 35.5. The average molecular weight is 319 g/mol. The Labute approximate surface area is 120 Å². The first-order valence-corrected chi connectivity index (χ1v) is 7.94. The van der Waals surface area contributed by atoms with Crippen LogP contribution in [-0.4, -0.2) is 19.8 Å². The van der Waals surface area contributed by atoms with Gasteiger partial charge < -0.3 is 10.3 Å². The predicted octanol–water partition coefficient (Wildman–Crippen LogP) is 2.82. The SMILES string of the molecule is CC(c1onc(N)c1-c1ccc(F)cc1Cl)S(C)(=O)=O. The van der Waals surface area contributed by atoms with Gasteiger partial charge in [0.2, 0.25) is 0 Å². The number of nitrogens with zero attached hydrogens (tertiary/aromatic N) is 1. The predicted molar refractivity (Wildman–Crippen MR) is 74.6 cm³/mol. The lowest BCUT2D eigenvalue weighted by molar-refractivity contribution is 0.385. The van der Waals surface area contributed by atoms with Crippen LogP contribution in [-0.2, 0) is 9.84 Å². The van der Waals surface area contributed by atoms with Crippen LogP contribution >= 0.6 is 11.6 Å². The molecule has 1 aromatic carbocycles. The van der Waals surface area contributed by atoms with Crippen LogP contribution in [0, 0.1) is 5.82 Å². The van der Waals surface area contributed by atoms with Gasteiger partial charge in [0.1, 0.15) is 11.1 Å². The van der Waals surface area contributed by atoms with Crippen LogP contribution in [0.1, 0.15) is 17.9 Å². The van der Waals surface area contributed by atoms with Crippen LogP contribution in [0.2, 0.25) is 5.02 Å². The van der Waals surface area contributed by atoms with E-state index in [4.69, 9.17) is 21.9 Å². The molecule has 0 radical (unpaired) electrons. The molecule has 108 valence electrons. The molecule has 0 aliphatic heterocycles. The van der Waals surface area contributed by atoms with Gasteiger partial charge in [-0.05, 0) is 25.1 Å². The molecule has 0 fully saturated rings. The third kappa shape index (κ3) is 2.64. The molecule has 0 aliphatic carbocycles. The maximum absolute atomic E-state index is 13.1. The number of hydrogen-bond acceptors (Lipinski definition) is 5. The van der Waals surface area contributed by atoms with Crippen molar-refractivity contribution in [3.8, 4) is 11.1 Å². The Hall–Kier alpha value is -1.60. The molecule has 0 amide bonds. The van der Waals surface area contributed by atoms with Crippen molar-refractivity contribution in [3.63, 3.8) is 0 Å². The van der Waals surface area contributed by atoms with Crippen molar-refractivity contribution in [3.05, 3.63) is 34.8 Å². The van der Waals surface area contributed by atoms with Crippen LogP contribution in [0.15, 0.2) is 22.7 Å². The van der Waals surface area contributed by atoms with E-state index in [9.17, 15) is 12.8 Å². The summed E-state index contributed by atoms with van der Waals surface area (Å²) in [7, 11) is -3.40. The fourth-order valence-corrected chi connectivity index (χ4v) is 2.56. The molecule has 0 aliphatic rings. The first kappa shape index (κ1) is 14.8. The Balaban J connectivity index is 2.66. The summed E-state index contributed by atoms with van der Waals surface area (Å²) < 4.78 is 41.4. The summed E-state index contributed by atoms with van der Waals surface area (Å²) in [5.74, 6) is -0.422. The third-order valence-corrected chi connectivity index (χ3v) is 4.77. The Morgan fingerprint density at radius 1 is 1.45 bits per heavy atom. The van der Waals surface area contributed by atoms with Crippen molar-refractivity contribution in [1.82, 2.24) is 5.16 Å². The number of halogens is 2. The normalized spacial score (nSPS) is 13.4. The van der Waals surface area contributed by atoms with Crippen LogP contribution < -0.4 is 5.73 Å². The van der Waals surface area contributed by atoms with E-state index in [1.807, 2.05) is 0 Å². The van der Waals surface area contributed by atoms with E-state index in [1.165, 1.54) is 19.1 Å². The van der Waals surface area contributed by atoms with E-state index >= 15 is 0 Å². The molecular weight excluding hydrogens is 307 g/mol. The standard InChI is InChI=1S/C12H12ClFN2O3S/c1-6(20(2,17)18)11-10(12(15)16-19-11)8-4-3-7(14)5-9(8)13/h3-6H,1-2H3,(H2,15,16). The Morgan fingerprint density at radius 3 is 2.65 bits per heavy atom. The molecule has 2 N–H and O–H groups in total. The van der Waals surface area contributed by atoms with Gasteiger partial charge in [0.25, 0.3) is 0 Å². The van der Waals surface area contributed by atoms with E-state index in [2.05, 4.69) is 5.16 Å². The van der Waals surface area contributed by atoms with Gasteiger partial charge in [-0.1, -0.05) is 16.8 Å². The van der Waals surface area contributed by atoms with Crippen LogP contribution in [0.3, 0.4) is 0 Å². The number of benzene rings is 1. The van der Waals surface area contributed by atoms with Crippen molar-refractivity contribution in [2.45, 2.75) is 12.2 Å². The van der Waals surface area contributed by atoms with Crippen LogP contribution in [0.25, 0.3) is 11.1 Å². The maximum Gasteiger partial charge on any atom is 0.175 e. The summed E-state index contributed by atoms with van der Waals surface area (Å²) in [5.41, 5.74) is 6.35. The molecule has 0 spiro atoms. The van der Waals surface area contributed by atoms with E-state index in [1.54, 1.807) is 0 Å². The van der Waals surface area contributed by atoms with Gasteiger partial charge in [-0.2, -0.15) is 0 Å². The zero-order valence-electron chi connectivity index (χ0n) is 10.7. The van der Waals surface area contributed by atoms with Gasteiger partial charge in [0.15, 0.2) is 21.4 Å². The summed E-state index contributed by atoms with van der Waals surface area (Å²) >= 11 is 5.97. The molecule has 5 nitrogen and oxygen atoms in total. The second-order valence-electron chi connectivity index (χ2n) is 4.40. The molecule has 1 heterocycles. The van der Waals surface area contributed by atoms with E-state index in [0.717, 1.165) is 12.3 Å². The highest BCUT2D eigenvalue weighted by molar-refractivity contribution is 7.90. The number of sulfone groups is 1. The molecule has 1 aromatic heterocycles. The first-order chi connectivity index (χ1) is 9.21. The van der Waals surface area contributed by atoms with Gasteiger partial charge in [-0.15, -0.1) is 0 Å². The van der Waals surface area contributed by atoms with Crippen molar-refractivity contribution in [1.29, 1.82) is 0 Å². The fourth-order valence-electron chi connectivity index (χ4n) is 1.75. The zero-order valence-corrected chi connectivity index (χ0v) is 12.3. The quantitative estimate of drug-likeness (QED) is 0.940. The molecule has 1 unspecified atom stereocenters. The number of anilines is 1. The topological polar surface area (TPSA) is 86.2 Å². The largest absolute Gasteiger partial charge is 0.380 e. The lowest BCUT2D eigenvalue weighted by Crippen LogP contribution is -2.08. The second-order valence-corrected chi connectivity index (χ2v) is 7.18. The number of rotatable bonds is 3. The smallest absolute Gasteiger partial charge is 0.175 e. The van der Waals surface area contributed by atoms with Crippen LogP contribution in [0.5, 0.6) is 0 Å². The molecule has 0 saturated carbocycles. The monoisotopic (exact) mass is 318 g/mol. The summed E-state index contributed by atoms with van der Waals surface area (Å²) in [5, 5.41) is 2.73. The van der Waals surface area contributed by atoms with Gasteiger partial charge in [0, 0.05) is 11.8 Å². The molecule has 0 saturated heterocycles. The third-order valence-electron chi connectivity index (χ3n) is 2.96. The summed E-state index contributed by atoms with van der Waals surface area (Å²) in [4.78, 5) is 0. The zero-order chi connectivity index (χ0) is 15.1. The molecule has 0 bridgehead atoms. The van der Waals surface area contributed by atoms with E-state index < -0.39 is 20.9 Å². The van der Waals surface area contributed by atoms with Gasteiger partial charge in [-0.3, -0.25) is 0 Å². The Bertz CT molecular complexity index is 758. The summed E-state index contributed by atoms with van der Waals surface area (Å²) in [6.07, 6.45) is 1.08. The molecule has 2 aromatic rings. The minimum Gasteiger partial charge on any atom is -0.380 e. The van der Waals surface area contributed by atoms with Crippen molar-refractivity contribution in [2.75, 3.05) is 12.0 Å². The highest BCUT2D eigenvalue weighted by Crippen LogP contribution is 2.39. The number of hydrogen-bond donors (Lipinski definition) is 1. The van der Waals surface area contributed by atoms with Gasteiger partial charge in [-0.25, -0.2) is 12.8 Å². The van der Waals surface area contributed by atoms with Crippen molar-refractivity contribution in [2.24, 2.45) is 0 Å². The maximum atomic E-state index is 13.1. The Morgan fingerprint density at radius 2 is 2.10 bits per heavy atom. The molecular formula is C12H12ClFN2O3S. The van der Waals surface area contributed by atoms with Crippen LogP contribution in [0.4, 0.5) is 10.2 Å². The van der Waals surface area contributed by atoms with Gasteiger partial charge >= 0.3 is 0 Å². The molecule has 1 atom stereocenters. The van der Waals surface area contributed by atoms with E-state index in [-0.39, 0.29) is 22.2 Å². The minimum atomic E-state index is -3.40. The van der Waals surface area contributed by atoms with Crippen molar-refractivity contribution >= 4 is 27.3 Å². The average Bonchev–Trinajstić information content (AvgIpc) is 2.69. The summed E-state index contributed by atoms with van der Waals surface area (Å²) in [6, 6.07) is 3.71. The fraction of sp³-hybridized carbons (Fsp3) is 0.250. The molecule has 2 rings (SSSR count). The van der Waals surface area contributed by atoms with Crippen molar-refractivity contribution < 1.29 is 17.3 Å². The lowest BCUT2D eigenvalue weighted by Gasteiger charge is -2.09. The number of nitrogen functional groups attached to an aromatic ring is 1. The first-order valence-electron chi connectivity index (χ1n) is 5.61. The lowest BCUT2D eigenvalue weighted by atomic mass is 10.0. The van der Waals surface area contributed by atoms with Gasteiger partial charge in [0.05, 0.1) is 10.6 Å². The number of nitrogens with two attached hydrogens (primary N) is 1. The number of aromatic nitrogens is 1. The Kier molecular flexibility index (Phi) is 3.75.